The maximum absolute atomic E-state index is 13.7. The van der Waals surface area contributed by atoms with Gasteiger partial charge in [0.05, 0.1) is 6.67 Å². The van der Waals surface area contributed by atoms with Crippen LogP contribution in [-0.4, -0.2) is 65.4 Å². The van der Waals surface area contributed by atoms with Gasteiger partial charge in [0.2, 0.25) is 5.91 Å². The molecule has 3 amide bonds. The van der Waals surface area contributed by atoms with Crippen LogP contribution in [0, 0.1) is 0 Å². The van der Waals surface area contributed by atoms with E-state index in [-0.39, 0.29) is 30.3 Å². The number of hydrogen-bond donors (Lipinski definition) is 1. The van der Waals surface area contributed by atoms with Gasteiger partial charge in [-0.15, -0.1) is 0 Å². The number of likely N-dealkylation sites (tertiary alicyclic amines) is 1. The van der Waals surface area contributed by atoms with E-state index in [1.54, 1.807) is 34.1 Å². The van der Waals surface area contributed by atoms with Crippen LogP contribution in [0.15, 0.2) is 54.6 Å². The Bertz CT molecular complexity index is 1030. The number of piperidine rings is 1. The van der Waals surface area contributed by atoms with Gasteiger partial charge in [-0.3, -0.25) is 14.4 Å². The zero-order valence-electron chi connectivity index (χ0n) is 19.0. The van der Waals surface area contributed by atoms with Gasteiger partial charge in [-0.1, -0.05) is 35.9 Å². The molecule has 1 N–H and O–H groups in total. The molecule has 2 aromatic carbocycles. The van der Waals surface area contributed by atoms with Gasteiger partial charge >= 0.3 is 0 Å². The van der Waals surface area contributed by atoms with E-state index in [1.807, 2.05) is 44.2 Å². The number of amides is 3. The normalized spacial score (nSPS) is 17.7. The summed E-state index contributed by atoms with van der Waals surface area (Å²) in [5.74, 6) is -0.311. The summed E-state index contributed by atoms with van der Waals surface area (Å²) >= 11 is 6.06. The van der Waals surface area contributed by atoms with Gasteiger partial charge in [0.1, 0.15) is 12.1 Å². The van der Waals surface area contributed by atoms with Crippen molar-refractivity contribution in [1.82, 2.24) is 15.1 Å². The summed E-state index contributed by atoms with van der Waals surface area (Å²) in [7, 11) is 0. The highest BCUT2D eigenvalue weighted by molar-refractivity contribution is 6.30. The number of para-hydroxylation sites is 1. The fourth-order valence-corrected chi connectivity index (χ4v) is 4.94. The van der Waals surface area contributed by atoms with Gasteiger partial charge in [0.15, 0.2) is 0 Å². The summed E-state index contributed by atoms with van der Waals surface area (Å²) in [6.45, 7) is 5.06. The minimum absolute atomic E-state index is 0.00938. The molecule has 8 heteroatoms. The second-order valence-corrected chi connectivity index (χ2v) is 9.40. The molecule has 2 aromatic rings. The number of anilines is 1. The number of carbonyl (C=O) groups excluding carboxylic acids is 3. The summed E-state index contributed by atoms with van der Waals surface area (Å²) in [6.07, 6.45) is 0.991. The number of hydrogen-bond acceptors (Lipinski definition) is 4. The maximum atomic E-state index is 13.7. The third-order valence-electron chi connectivity index (χ3n) is 6.32. The third-order valence-corrected chi connectivity index (χ3v) is 6.55. The SMILES string of the molecule is CC(C)NC(=O)CN1CN(c2ccccc2)C2(CCN(C(=O)c3cccc(Cl)c3)CC2)C1=O. The van der Waals surface area contributed by atoms with Gasteiger partial charge in [0, 0.05) is 35.4 Å². The molecule has 33 heavy (non-hydrogen) atoms. The van der Waals surface area contributed by atoms with Crippen molar-refractivity contribution in [2.24, 2.45) is 0 Å². The van der Waals surface area contributed by atoms with Crippen LogP contribution in [0.3, 0.4) is 0 Å². The smallest absolute Gasteiger partial charge is 0.253 e. The Morgan fingerprint density at radius 2 is 1.76 bits per heavy atom. The number of nitrogens with one attached hydrogen (secondary N) is 1. The first-order valence-electron chi connectivity index (χ1n) is 11.3. The highest BCUT2D eigenvalue weighted by Gasteiger charge is 2.54. The molecule has 0 aromatic heterocycles. The highest BCUT2D eigenvalue weighted by Crippen LogP contribution is 2.39. The monoisotopic (exact) mass is 468 g/mol. The molecule has 0 unspecified atom stereocenters. The molecule has 174 valence electrons. The molecule has 2 aliphatic heterocycles. The lowest BCUT2D eigenvalue weighted by Crippen LogP contribution is -2.57. The summed E-state index contributed by atoms with van der Waals surface area (Å²) in [4.78, 5) is 44.6. The molecule has 0 radical (unpaired) electrons. The standard InChI is InChI=1S/C25H29ClN4O3/c1-18(2)27-22(31)16-29-17-30(21-9-4-3-5-10-21)25(24(29)33)11-13-28(14-12-25)23(32)19-7-6-8-20(26)15-19/h3-10,15,18H,11-14,16-17H2,1-2H3,(H,27,31). The topological polar surface area (TPSA) is 73.0 Å². The molecule has 7 nitrogen and oxygen atoms in total. The lowest BCUT2D eigenvalue weighted by molar-refractivity contribution is -0.137. The van der Waals surface area contributed by atoms with E-state index in [9.17, 15) is 14.4 Å². The Kier molecular flexibility index (Phi) is 6.61. The van der Waals surface area contributed by atoms with Crippen molar-refractivity contribution < 1.29 is 14.4 Å². The van der Waals surface area contributed by atoms with Gasteiger partial charge in [0.25, 0.3) is 11.8 Å². The summed E-state index contributed by atoms with van der Waals surface area (Å²) in [5, 5.41) is 3.39. The first-order chi connectivity index (χ1) is 15.8. The van der Waals surface area contributed by atoms with Crippen molar-refractivity contribution in [3.05, 3.63) is 65.2 Å². The largest absolute Gasteiger partial charge is 0.352 e. The van der Waals surface area contributed by atoms with Crippen LogP contribution >= 0.6 is 11.6 Å². The third kappa shape index (κ3) is 4.69. The fourth-order valence-electron chi connectivity index (χ4n) is 4.75. The number of nitrogens with zero attached hydrogens (tertiary/aromatic N) is 3. The average Bonchev–Trinajstić information content (AvgIpc) is 3.05. The van der Waals surface area contributed by atoms with Crippen LogP contribution in [0.2, 0.25) is 5.02 Å². The van der Waals surface area contributed by atoms with Crippen LogP contribution in [0.25, 0.3) is 0 Å². The van der Waals surface area contributed by atoms with Gasteiger partial charge in [-0.2, -0.15) is 0 Å². The average molecular weight is 469 g/mol. The molecule has 2 aliphatic rings. The number of halogens is 1. The van der Waals surface area contributed by atoms with E-state index in [4.69, 9.17) is 11.6 Å². The summed E-state index contributed by atoms with van der Waals surface area (Å²) in [6, 6.07) is 16.7. The number of benzene rings is 2. The lowest BCUT2D eigenvalue weighted by atomic mass is 9.85. The molecule has 2 heterocycles. The van der Waals surface area contributed by atoms with Crippen LogP contribution in [0.1, 0.15) is 37.0 Å². The summed E-state index contributed by atoms with van der Waals surface area (Å²) < 4.78 is 0. The van der Waals surface area contributed by atoms with Gasteiger partial charge in [-0.05, 0) is 57.0 Å². The maximum Gasteiger partial charge on any atom is 0.253 e. The van der Waals surface area contributed by atoms with Crippen molar-refractivity contribution in [2.75, 3.05) is 31.2 Å². The van der Waals surface area contributed by atoms with Crippen molar-refractivity contribution in [3.8, 4) is 0 Å². The number of carbonyl (C=O) groups is 3. The first kappa shape index (κ1) is 23.1. The quantitative estimate of drug-likeness (QED) is 0.731. The molecule has 0 aliphatic carbocycles. The van der Waals surface area contributed by atoms with Crippen LogP contribution in [-0.2, 0) is 9.59 Å². The summed E-state index contributed by atoms with van der Waals surface area (Å²) in [5.41, 5.74) is 0.709. The van der Waals surface area contributed by atoms with E-state index in [0.29, 0.717) is 43.2 Å². The zero-order valence-corrected chi connectivity index (χ0v) is 19.7. The second kappa shape index (κ2) is 9.43. The first-order valence-corrected chi connectivity index (χ1v) is 11.6. The predicted octanol–water partition coefficient (Wildman–Crippen LogP) is 3.15. The predicted molar refractivity (Wildman–Crippen MR) is 128 cm³/mol. The Morgan fingerprint density at radius 3 is 2.39 bits per heavy atom. The Hall–Kier alpha value is -3.06. The van der Waals surface area contributed by atoms with Crippen molar-refractivity contribution in [3.63, 3.8) is 0 Å². The molecular formula is C25H29ClN4O3. The minimum Gasteiger partial charge on any atom is -0.352 e. The molecule has 2 fully saturated rings. The Labute approximate surface area is 199 Å². The second-order valence-electron chi connectivity index (χ2n) is 8.96. The molecule has 0 saturated carbocycles. The van der Waals surface area contributed by atoms with E-state index in [2.05, 4.69) is 10.2 Å². The van der Waals surface area contributed by atoms with Crippen LogP contribution < -0.4 is 10.2 Å². The fraction of sp³-hybridized carbons (Fsp3) is 0.400. The van der Waals surface area contributed by atoms with E-state index < -0.39 is 5.54 Å². The van der Waals surface area contributed by atoms with Crippen LogP contribution in [0.5, 0.6) is 0 Å². The molecule has 1 spiro atoms. The van der Waals surface area contributed by atoms with E-state index in [1.165, 1.54) is 0 Å². The molecule has 0 bridgehead atoms. The zero-order chi connectivity index (χ0) is 23.6. The van der Waals surface area contributed by atoms with Gasteiger partial charge < -0.3 is 20.0 Å². The lowest BCUT2D eigenvalue weighted by Gasteiger charge is -2.43. The van der Waals surface area contributed by atoms with E-state index in [0.717, 1.165) is 5.69 Å². The molecule has 0 atom stereocenters. The Balaban J connectivity index is 1.55. The number of rotatable bonds is 5. The van der Waals surface area contributed by atoms with Gasteiger partial charge in [-0.25, -0.2) is 0 Å². The van der Waals surface area contributed by atoms with E-state index >= 15 is 0 Å². The minimum atomic E-state index is -0.773. The van der Waals surface area contributed by atoms with Crippen molar-refractivity contribution >= 4 is 35.0 Å². The molecule has 4 rings (SSSR count). The molecular weight excluding hydrogens is 440 g/mol. The van der Waals surface area contributed by atoms with Crippen molar-refractivity contribution in [2.45, 2.75) is 38.3 Å². The Morgan fingerprint density at radius 1 is 1.06 bits per heavy atom. The molecule has 2 saturated heterocycles. The van der Waals surface area contributed by atoms with Crippen molar-refractivity contribution in [1.29, 1.82) is 0 Å². The highest BCUT2D eigenvalue weighted by atomic mass is 35.5. The van der Waals surface area contributed by atoms with Crippen LogP contribution in [0.4, 0.5) is 5.69 Å².